The molecule has 0 unspecified atom stereocenters. The molecular weight excluding hydrogens is 308 g/mol. The molecule has 0 saturated heterocycles. The van der Waals surface area contributed by atoms with Gasteiger partial charge in [-0.2, -0.15) is 5.10 Å². The topological polar surface area (TPSA) is 116 Å². The number of carbonyl (C=O) groups excluding carboxylic acids is 1. The van der Waals surface area contributed by atoms with Gasteiger partial charge in [-0.3, -0.25) is 14.2 Å². The second-order valence-corrected chi connectivity index (χ2v) is 6.07. The zero-order valence-electron chi connectivity index (χ0n) is 11.9. The van der Waals surface area contributed by atoms with Gasteiger partial charge >= 0.3 is 0 Å². The van der Waals surface area contributed by atoms with E-state index in [1.54, 1.807) is 16.9 Å². The summed E-state index contributed by atoms with van der Waals surface area (Å²) in [5.41, 5.74) is 4.96. The molecule has 1 amide bonds. The number of hydrogen-bond donors (Lipinski definition) is 2. The number of nitrogens with one attached hydrogen (secondary N) is 1. The van der Waals surface area contributed by atoms with E-state index in [0.29, 0.717) is 12.3 Å². The van der Waals surface area contributed by atoms with E-state index < -0.39 is 15.9 Å². The van der Waals surface area contributed by atoms with E-state index in [1.165, 1.54) is 24.3 Å². The molecule has 22 heavy (non-hydrogen) atoms. The van der Waals surface area contributed by atoms with Gasteiger partial charge in [-0.15, -0.1) is 0 Å². The number of carbonyl (C=O) groups is 1. The van der Waals surface area contributed by atoms with Gasteiger partial charge in [-0.1, -0.05) is 0 Å². The first kappa shape index (κ1) is 15.8. The van der Waals surface area contributed by atoms with Crippen LogP contribution >= 0.6 is 0 Å². The Kier molecular flexibility index (Phi) is 4.66. The van der Waals surface area contributed by atoms with Crippen LogP contribution in [0.15, 0.2) is 41.4 Å². The molecule has 1 aromatic heterocycles. The molecule has 1 heterocycles. The second kappa shape index (κ2) is 6.48. The van der Waals surface area contributed by atoms with Gasteiger partial charge < -0.3 is 10.5 Å². The molecule has 3 N–H and O–H groups in total. The molecule has 0 radical (unpaired) electrons. The average Bonchev–Trinajstić information content (AvgIpc) is 2.92. The fourth-order valence-corrected chi connectivity index (χ4v) is 2.65. The van der Waals surface area contributed by atoms with Gasteiger partial charge in [0.15, 0.2) is 12.4 Å². The number of nitrogens with zero attached hydrogens (tertiary/aromatic N) is 2. The minimum absolute atomic E-state index is 0.0602. The molecular formula is C13H16N4O4S. The summed E-state index contributed by atoms with van der Waals surface area (Å²) in [6.07, 6.45) is 1.68. The Hall–Kier alpha value is -2.55. The van der Waals surface area contributed by atoms with Gasteiger partial charge in [0, 0.05) is 18.8 Å². The molecule has 0 bridgehead atoms. The maximum Gasteiger partial charge on any atom is 0.263 e. The Labute approximate surface area is 127 Å². The highest BCUT2D eigenvalue weighted by atomic mass is 32.2. The summed E-state index contributed by atoms with van der Waals surface area (Å²) in [4.78, 5) is 10.7. The van der Waals surface area contributed by atoms with E-state index in [-0.39, 0.29) is 17.3 Å². The highest BCUT2D eigenvalue weighted by Gasteiger charge is 2.15. The molecule has 2 aromatic rings. The third-order valence-electron chi connectivity index (χ3n) is 2.72. The van der Waals surface area contributed by atoms with Crippen molar-refractivity contribution in [3.05, 3.63) is 36.5 Å². The van der Waals surface area contributed by atoms with Crippen LogP contribution in [0.1, 0.15) is 6.92 Å². The lowest BCUT2D eigenvalue weighted by Crippen LogP contribution is -2.20. The number of amides is 1. The number of ether oxygens (including phenoxy) is 1. The second-order valence-electron chi connectivity index (χ2n) is 4.39. The third-order valence-corrected chi connectivity index (χ3v) is 4.09. The van der Waals surface area contributed by atoms with Crippen LogP contribution < -0.4 is 15.2 Å². The van der Waals surface area contributed by atoms with Gasteiger partial charge in [0.2, 0.25) is 0 Å². The molecule has 0 fully saturated rings. The molecule has 0 aliphatic heterocycles. The smallest absolute Gasteiger partial charge is 0.263 e. The first-order valence-electron chi connectivity index (χ1n) is 6.48. The Morgan fingerprint density at radius 2 is 2.00 bits per heavy atom. The Bertz CT molecular complexity index is 753. The lowest BCUT2D eigenvalue weighted by Gasteiger charge is -2.07. The van der Waals surface area contributed by atoms with Crippen molar-refractivity contribution in [2.24, 2.45) is 5.73 Å². The standard InChI is InChI=1S/C13H16N4O4S/c1-2-17-8-7-13(15-17)16-22(19,20)11-5-3-10(4-6-11)21-9-12(14)18/h3-8H,2,9H2,1H3,(H2,14,18)(H,15,16). The number of sulfonamides is 1. The SMILES string of the molecule is CCn1ccc(NS(=O)(=O)c2ccc(OCC(N)=O)cc2)n1. The lowest BCUT2D eigenvalue weighted by atomic mass is 10.3. The molecule has 8 nitrogen and oxygen atoms in total. The largest absolute Gasteiger partial charge is 0.484 e. The van der Waals surface area contributed by atoms with Crippen LogP contribution in [-0.4, -0.2) is 30.7 Å². The van der Waals surface area contributed by atoms with Crippen molar-refractivity contribution in [2.45, 2.75) is 18.4 Å². The van der Waals surface area contributed by atoms with Gasteiger partial charge in [0.25, 0.3) is 15.9 Å². The minimum Gasteiger partial charge on any atom is -0.484 e. The average molecular weight is 324 g/mol. The molecule has 9 heteroatoms. The van der Waals surface area contributed by atoms with Gasteiger partial charge in [0.1, 0.15) is 5.75 Å². The fourth-order valence-electron chi connectivity index (χ4n) is 1.66. The number of aromatic nitrogens is 2. The van der Waals surface area contributed by atoms with Crippen LogP contribution in [0.2, 0.25) is 0 Å². The van der Waals surface area contributed by atoms with E-state index in [0.717, 1.165) is 0 Å². The number of rotatable bonds is 7. The Morgan fingerprint density at radius 3 is 2.55 bits per heavy atom. The van der Waals surface area contributed by atoms with Crippen molar-refractivity contribution in [3.8, 4) is 5.75 Å². The van der Waals surface area contributed by atoms with Crippen LogP contribution in [0.4, 0.5) is 5.82 Å². The quantitative estimate of drug-likeness (QED) is 0.772. The Balaban J connectivity index is 2.10. The lowest BCUT2D eigenvalue weighted by molar-refractivity contribution is -0.119. The molecule has 1 aromatic carbocycles. The van der Waals surface area contributed by atoms with E-state index in [2.05, 4.69) is 9.82 Å². The molecule has 0 saturated carbocycles. The van der Waals surface area contributed by atoms with Crippen molar-refractivity contribution in [2.75, 3.05) is 11.3 Å². The summed E-state index contributed by atoms with van der Waals surface area (Å²) >= 11 is 0. The molecule has 118 valence electrons. The maximum atomic E-state index is 12.2. The molecule has 0 aliphatic rings. The molecule has 0 atom stereocenters. The summed E-state index contributed by atoms with van der Waals surface area (Å²) in [5.74, 6) is -0.00575. The van der Waals surface area contributed by atoms with Crippen molar-refractivity contribution in [1.29, 1.82) is 0 Å². The van der Waals surface area contributed by atoms with Crippen LogP contribution in [-0.2, 0) is 21.4 Å². The van der Waals surface area contributed by atoms with E-state index in [4.69, 9.17) is 10.5 Å². The van der Waals surface area contributed by atoms with E-state index in [9.17, 15) is 13.2 Å². The first-order chi connectivity index (χ1) is 10.4. The summed E-state index contributed by atoms with van der Waals surface area (Å²) < 4.78 is 33.5. The van der Waals surface area contributed by atoms with Gasteiger partial charge in [-0.25, -0.2) is 8.42 Å². The number of anilines is 1. The first-order valence-corrected chi connectivity index (χ1v) is 7.96. The maximum absolute atomic E-state index is 12.2. The van der Waals surface area contributed by atoms with E-state index in [1.807, 2.05) is 6.92 Å². The van der Waals surface area contributed by atoms with Crippen LogP contribution in [0.25, 0.3) is 0 Å². The zero-order chi connectivity index (χ0) is 16.2. The van der Waals surface area contributed by atoms with Crippen LogP contribution in [0.3, 0.4) is 0 Å². The van der Waals surface area contributed by atoms with Crippen molar-refractivity contribution in [1.82, 2.24) is 9.78 Å². The number of nitrogens with two attached hydrogens (primary N) is 1. The molecule has 2 rings (SSSR count). The third kappa shape index (κ3) is 3.98. The number of primary amides is 1. The van der Waals surface area contributed by atoms with Crippen molar-refractivity contribution >= 4 is 21.7 Å². The van der Waals surface area contributed by atoms with Crippen molar-refractivity contribution < 1.29 is 17.9 Å². The Morgan fingerprint density at radius 1 is 1.32 bits per heavy atom. The molecule has 0 spiro atoms. The number of benzene rings is 1. The normalized spacial score (nSPS) is 11.1. The number of aryl methyl sites for hydroxylation is 1. The summed E-state index contributed by atoms with van der Waals surface area (Å²) in [7, 11) is -3.73. The zero-order valence-corrected chi connectivity index (χ0v) is 12.7. The summed E-state index contributed by atoms with van der Waals surface area (Å²) in [5, 5.41) is 4.06. The predicted molar refractivity (Wildman–Crippen MR) is 79.8 cm³/mol. The summed E-state index contributed by atoms with van der Waals surface area (Å²) in [6.45, 7) is 2.28. The van der Waals surface area contributed by atoms with Crippen LogP contribution in [0.5, 0.6) is 5.75 Å². The van der Waals surface area contributed by atoms with Crippen molar-refractivity contribution in [3.63, 3.8) is 0 Å². The summed E-state index contributed by atoms with van der Waals surface area (Å²) in [6, 6.07) is 7.21. The van der Waals surface area contributed by atoms with E-state index >= 15 is 0 Å². The molecule has 0 aliphatic carbocycles. The minimum atomic E-state index is -3.73. The fraction of sp³-hybridized carbons (Fsp3) is 0.231. The van der Waals surface area contributed by atoms with Gasteiger partial charge in [0.05, 0.1) is 4.90 Å². The monoisotopic (exact) mass is 324 g/mol. The predicted octanol–water partition coefficient (Wildman–Crippen LogP) is 0.568. The highest BCUT2D eigenvalue weighted by molar-refractivity contribution is 7.92. The highest BCUT2D eigenvalue weighted by Crippen LogP contribution is 2.18. The van der Waals surface area contributed by atoms with Gasteiger partial charge in [-0.05, 0) is 31.2 Å². The van der Waals surface area contributed by atoms with Crippen LogP contribution in [0, 0.1) is 0 Å². The number of hydrogen-bond acceptors (Lipinski definition) is 5.